The maximum atomic E-state index is 5.50. The number of hydrogen-bond donors (Lipinski definition) is 2. The quantitative estimate of drug-likeness (QED) is 0.636. The Morgan fingerprint density at radius 1 is 1.38 bits per heavy atom. The van der Waals surface area contributed by atoms with Crippen LogP contribution in [0, 0.1) is 0 Å². The number of allylic oxidation sites excluding steroid dienone is 1. The smallest absolute Gasteiger partial charge is 0.163 e. The average molecular weight is 300 g/mol. The molecule has 0 amide bonds. The van der Waals surface area contributed by atoms with Crippen molar-refractivity contribution in [2.75, 3.05) is 13.7 Å². The molecule has 0 bridgehead atoms. The maximum Gasteiger partial charge on any atom is 0.163 e. The molecule has 0 heterocycles. The largest absolute Gasteiger partial charge is 0.496 e. The van der Waals surface area contributed by atoms with Crippen molar-refractivity contribution in [1.29, 1.82) is 0 Å². The van der Waals surface area contributed by atoms with Crippen molar-refractivity contribution < 1.29 is 4.74 Å². The van der Waals surface area contributed by atoms with E-state index in [1.54, 1.807) is 7.11 Å². The van der Waals surface area contributed by atoms with Crippen LogP contribution in [0.5, 0.6) is 5.75 Å². The minimum Gasteiger partial charge on any atom is -0.496 e. The highest BCUT2D eigenvalue weighted by Gasteiger charge is 2.10. The molecule has 0 saturated heterocycles. The summed E-state index contributed by atoms with van der Waals surface area (Å²) in [4.78, 5) is 0. The summed E-state index contributed by atoms with van der Waals surface area (Å²) < 4.78 is 5.50. The Balaban J connectivity index is 2.48. The maximum absolute atomic E-state index is 5.50. The van der Waals surface area contributed by atoms with Gasteiger partial charge in [-0.1, -0.05) is 30.3 Å². The van der Waals surface area contributed by atoms with Crippen LogP contribution in [-0.4, -0.2) is 18.8 Å². The van der Waals surface area contributed by atoms with E-state index in [0.29, 0.717) is 5.11 Å². The Bertz CT molecular complexity index is 667. The lowest BCUT2D eigenvalue weighted by Gasteiger charge is -2.14. The van der Waals surface area contributed by atoms with E-state index in [0.717, 1.165) is 25.1 Å². The van der Waals surface area contributed by atoms with Gasteiger partial charge in [0, 0.05) is 12.1 Å². The lowest BCUT2D eigenvalue weighted by Crippen LogP contribution is -2.30. The average Bonchev–Trinajstić information content (AvgIpc) is 2.47. The van der Waals surface area contributed by atoms with Gasteiger partial charge >= 0.3 is 0 Å². The molecule has 4 heteroatoms. The van der Waals surface area contributed by atoms with Crippen LogP contribution in [0.3, 0.4) is 0 Å². The molecule has 3 nitrogen and oxygen atoms in total. The van der Waals surface area contributed by atoms with E-state index in [2.05, 4.69) is 36.2 Å². The normalized spacial score (nSPS) is 10.3. The second-order valence-corrected chi connectivity index (χ2v) is 5.24. The van der Waals surface area contributed by atoms with Crippen molar-refractivity contribution in [2.45, 2.75) is 12.8 Å². The van der Waals surface area contributed by atoms with Crippen molar-refractivity contribution >= 4 is 28.1 Å². The van der Waals surface area contributed by atoms with Crippen LogP contribution in [0.15, 0.2) is 43.0 Å². The van der Waals surface area contributed by atoms with Crippen molar-refractivity contribution in [1.82, 2.24) is 5.32 Å². The third-order valence-electron chi connectivity index (χ3n) is 3.46. The Hall–Kier alpha value is -2.07. The van der Waals surface area contributed by atoms with Crippen LogP contribution in [0.25, 0.3) is 10.8 Å². The molecule has 0 atom stereocenters. The van der Waals surface area contributed by atoms with Gasteiger partial charge in [0.25, 0.3) is 0 Å². The standard InChI is InChI=1S/C17H20N2OS/c1-3-5-14-15(20-2)9-8-12-6-4-7-13(16(12)14)10-11-19-17(18)21/h3-4,6-9H,1,5,10-11H2,2H3,(H3,18,19,21). The minimum absolute atomic E-state index is 0.333. The first-order valence-corrected chi connectivity index (χ1v) is 7.30. The monoisotopic (exact) mass is 300 g/mol. The van der Waals surface area contributed by atoms with E-state index >= 15 is 0 Å². The Labute approximate surface area is 130 Å². The summed E-state index contributed by atoms with van der Waals surface area (Å²) in [6, 6.07) is 10.4. The minimum atomic E-state index is 0.333. The highest BCUT2D eigenvalue weighted by molar-refractivity contribution is 7.80. The number of thiocarbonyl (C=S) groups is 1. The first kappa shape index (κ1) is 15.3. The Morgan fingerprint density at radius 2 is 2.19 bits per heavy atom. The summed E-state index contributed by atoms with van der Waals surface area (Å²) in [7, 11) is 1.70. The van der Waals surface area contributed by atoms with Gasteiger partial charge in [0.2, 0.25) is 0 Å². The van der Waals surface area contributed by atoms with Crippen molar-refractivity contribution in [3.63, 3.8) is 0 Å². The molecule has 0 aliphatic carbocycles. The summed E-state index contributed by atoms with van der Waals surface area (Å²) in [5.74, 6) is 0.900. The molecule has 0 aromatic heterocycles. The summed E-state index contributed by atoms with van der Waals surface area (Å²) in [5, 5.41) is 5.78. The van der Waals surface area contributed by atoms with Crippen LogP contribution in [0.1, 0.15) is 11.1 Å². The van der Waals surface area contributed by atoms with Gasteiger partial charge in [0.1, 0.15) is 5.75 Å². The number of benzene rings is 2. The summed E-state index contributed by atoms with van der Waals surface area (Å²) in [6.45, 7) is 4.57. The summed E-state index contributed by atoms with van der Waals surface area (Å²) in [6.07, 6.45) is 3.54. The number of nitrogens with two attached hydrogens (primary N) is 1. The zero-order valence-electron chi connectivity index (χ0n) is 12.2. The van der Waals surface area contributed by atoms with E-state index in [4.69, 9.17) is 22.7 Å². The Kier molecular flexibility index (Phi) is 5.17. The SMILES string of the molecule is C=CCc1c(OC)ccc2cccc(CCNC(N)=S)c12. The molecule has 2 aromatic carbocycles. The van der Waals surface area contributed by atoms with Gasteiger partial charge in [-0.15, -0.1) is 6.58 Å². The van der Waals surface area contributed by atoms with Gasteiger partial charge < -0.3 is 15.8 Å². The third kappa shape index (κ3) is 3.52. The molecule has 0 fully saturated rings. The predicted octanol–water partition coefficient (Wildman–Crippen LogP) is 2.95. The van der Waals surface area contributed by atoms with Crippen LogP contribution in [0.4, 0.5) is 0 Å². The van der Waals surface area contributed by atoms with Crippen LogP contribution < -0.4 is 15.8 Å². The van der Waals surface area contributed by atoms with E-state index in [9.17, 15) is 0 Å². The molecule has 0 saturated carbocycles. The molecule has 21 heavy (non-hydrogen) atoms. The molecule has 0 aliphatic rings. The Morgan fingerprint density at radius 3 is 2.86 bits per heavy atom. The molecule has 0 aliphatic heterocycles. The van der Waals surface area contributed by atoms with E-state index in [-0.39, 0.29) is 0 Å². The third-order valence-corrected chi connectivity index (χ3v) is 3.60. The van der Waals surface area contributed by atoms with E-state index in [1.165, 1.54) is 21.9 Å². The number of ether oxygens (including phenoxy) is 1. The van der Waals surface area contributed by atoms with Gasteiger partial charge in [0.15, 0.2) is 5.11 Å². The lowest BCUT2D eigenvalue weighted by atomic mass is 9.95. The topological polar surface area (TPSA) is 47.3 Å². The number of rotatable bonds is 6. The molecule has 110 valence electrons. The fraction of sp³-hybridized carbons (Fsp3) is 0.235. The van der Waals surface area contributed by atoms with Gasteiger partial charge in [-0.2, -0.15) is 0 Å². The van der Waals surface area contributed by atoms with Crippen LogP contribution >= 0.6 is 12.2 Å². The molecular formula is C17H20N2OS. The molecule has 0 unspecified atom stereocenters. The first-order valence-electron chi connectivity index (χ1n) is 6.89. The molecule has 2 aromatic rings. The van der Waals surface area contributed by atoms with Gasteiger partial charge in [-0.3, -0.25) is 0 Å². The van der Waals surface area contributed by atoms with E-state index in [1.807, 2.05) is 12.1 Å². The fourth-order valence-corrected chi connectivity index (χ4v) is 2.69. The summed E-state index contributed by atoms with van der Waals surface area (Å²) >= 11 is 4.85. The summed E-state index contributed by atoms with van der Waals surface area (Å²) in [5.41, 5.74) is 7.91. The lowest BCUT2D eigenvalue weighted by molar-refractivity contribution is 0.411. The number of methoxy groups -OCH3 is 1. The van der Waals surface area contributed by atoms with Gasteiger partial charge in [-0.05, 0) is 47.5 Å². The zero-order chi connectivity index (χ0) is 15.2. The van der Waals surface area contributed by atoms with E-state index < -0.39 is 0 Å². The van der Waals surface area contributed by atoms with Gasteiger partial charge in [0.05, 0.1) is 7.11 Å². The van der Waals surface area contributed by atoms with Crippen molar-refractivity contribution in [3.8, 4) is 5.75 Å². The molecule has 3 N–H and O–H groups in total. The van der Waals surface area contributed by atoms with Crippen molar-refractivity contribution in [3.05, 3.63) is 54.1 Å². The second-order valence-electron chi connectivity index (χ2n) is 4.80. The number of hydrogen-bond acceptors (Lipinski definition) is 2. The molecule has 0 spiro atoms. The molecule has 0 radical (unpaired) electrons. The number of fused-ring (bicyclic) bond motifs is 1. The molecule has 2 rings (SSSR count). The zero-order valence-corrected chi connectivity index (χ0v) is 13.0. The van der Waals surface area contributed by atoms with Crippen LogP contribution in [0.2, 0.25) is 0 Å². The first-order chi connectivity index (χ1) is 10.2. The highest BCUT2D eigenvalue weighted by Crippen LogP contribution is 2.31. The second kappa shape index (κ2) is 7.09. The predicted molar refractivity (Wildman–Crippen MR) is 92.9 cm³/mol. The fourth-order valence-electron chi connectivity index (χ4n) is 2.58. The van der Waals surface area contributed by atoms with Crippen molar-refractivity contribution in [2.24, 2.45) is 5.73 Å². The van der Waals surface area contributed by atoms with Crippen LogP contribution in [-0.2, 0) is 12.8 Å². The highest BCUT2D eigenvalue weighted by atomic mass is 32.1. The van der Waals surface area contributed by atoms with Gasteiger partial charge in [-0.25, -0.2) is 0 Å². The number of nitrogens with one attached hydrogen (secondary N) is 1. The molecular weight excluding hydrogens is 280 g/mol.